The molecule has 1 amide bonds. The molecule has 2 atom stereocenters. The predicted molar refractivity (Wildman–Crippen MR) is 78.4 cm³/mol. The van der Waals surface area contributed by atoms with Crippen LogP contribution >= 0.6 is 27.5 Å². The smallest absolute Gasteiger partial charge is 0.252 e. The molecular weight excluding hydrogens is 333 g/mol. The van der Waals surface area contributed by atoms with E-state index >= 15 is 0 Å². The van der Waals surface area contributed by atoms with Crippen molar-refractivity contribution in [1.82, 2.24) is 5.32 Å². The second kappa shape index (κ2) is 6.71. The van der Waals surface area contributed by atoms with Crippen molar-refractivity contribution in [2.75, 3.05) is 6.54 Å². The summed E-state index contributed by atoms with van der Waals surface area (Å²) in [6.45, 7) is 0.599. The van der Waals surface area contributed by atoms with Gasteiger partial charge >= 0.3 is 0 Å². The Morgan fingerprint density at radius 3 is 2.89 bits per heavy atom. The third-order valence-electron chi connectivity index (χ3n) is 3.54. The molecule has 5 heteroatoms. The molecule has 1 aromatic rings. The van der Waals surface area contributed by atoms with Gasteiger partial charge in [-0.15, -0.1) is 0 Å². The maximum absolute atomic E-state index is 13.3. The van der Waals surface area contributed by atoms with E-state index in [1.165, 1.54) is 31.0 Å². The Morgan fingerprint density at radius 1 is 1.42 bits per heavy atom. The maximum atomic E-state index is 13.3. The maximum Gasteiger partial charge on any atom is 0.252 e. The predicted octanol–water partition coefficient (Wildman–Crippen LogP) is 4.16. The van der Waals surface area contributed by atoms with Gasteiger partial charge in [-0.05, 0) is 30.9 Å². The summed E-state index contributed by atoms with van der Waals surface area (Å²) >= 11 is 9.44. The molecule has 1 aliphatic carbocycles. The van der Waals surface area contributed by atoms with Crippen LogP contribution in [0, 0.1) is 11.7 Å². The van der Waals surface area contributed by atoms with Crippen molar-refractivity contribution < 1.29 is 9.18 Å². The van der Waals surface area contributed by atoms with Gasteiger partial charge in [0.05, 0.1) is 10.6 Å². The number of hydrogen-bond acceptors (Lipinski definition) is 1. The van der Waals surface area contributed by atoms with E-state index in [1.807, 2.05) is 0 Å². The van der Waals surface area contributed by atoms with Crippen LogP contribution in [0.4, 0.5) is 4.39 Å². The minimum Gasteiger partial charge on any atom is -0.352 e. The first kappa shape index (κ1) is 14.8. The molecule has 2 unspecified atom stereocenters. The summed E-state index contributed by atoms with van der Waals surface area (Å²) in [4.78, 5) is 12.4. The number of carbonyl (C=O) groups is 1. The third kappa shape index (κ3) is 3.69. The molecule has 19 heavy (non-hydrogen) atoms. The summed E-state index contributed by atoms with van der Waals surface area (Å²) < 4.78 is 13.3. The molecular formula is C14H16BrClFNO. The van der Waals surface area contributed by atoms with Crippen LogP contribution in [0.15, 0.2) is 18.2 Å². The molecule has 0 spiro atoms. The molecule has 1 aliphatic rings. The molecule has 1 fully saturated rings. The van der Waals surface area contributed by atoms with Crippen molar-refractivity contribution in [2.45, 2.75) is 30.5 Å². The fraction of sp³-hybridized carbons (Fsp3) is 0.500. The number of halogens is 3. The van der Waals surface area contributed by atoms with E-state index in [2.05, 4.69) is 21.2 Å². The van der Waals surface area contributed by atoms with Crippen LogP contribution in [0.25, 0.3) is 0 Å². The second-order valence-corrected chi connectivity index (χ2v) is 6.43. The summed E-state index contributed by atoms with van der Waals surface area (Å²) in [6, 6.07) is 4.27. The molecule has 0 bridgehead atoms. The molecule has 104 valence electrons. The zero-order valence-corrected chi connectivity index (χ0v) is 12.8. The summed E-state index contributed by atoms with van der Waals surface area (Å²) in [5.41, 5.74) is 0.198. The van der Waals surface area contributed by atoms with E-state index in [-0.39, 0.29) is 16.5 Å². The molecule has 2 nitrogen and oxygen atoms in total. The molecule has 1 N–H and O–H groups in total. The van der Waals surface area contributed by atoms with Crippen molar-refractivity contribution in [3.05, 3.63) is 34.6 Å². The van der Waals surface area contributed by atoms with Crippen molar-refractivity contribution >= 4 is 33.4 Å². The first-order chi connectivity index (χ1) is 9.09. The van der Waals surface area contributed by atoms with Crippen LogP contribution in [0.5, 0.6) is 0 Å². The topological polar surface area (TPSA) is 29.1 Å². The molecule has 0 heterocycles. The lowest BCUT2D eigenvalue weighted by atomic mass is 9.89. The largest absolute Gasteiger partial charge is 0.352 e. The fourth-order valence-electron chi connectivity index (χ4n) is 2.39. The number of hydrogen-bond donors (Lipinski definition) is 1. The van der Waals surface area contributed by atoms with Crippen LogP contribution in [-0.2, 0) is 0 Å². The van der Waals surface area contributed by atoms with Crippen LogP contribution in [0.1, 0.15) is 36.0 Å². The SMILES string of the molecule is O=C(NCC1CCCCC1Br)c1cccc(F)c1Cl. The average molecular weight is 349 g/mol. The highest BCUT2D eigenvalue weighted by molar-refractivity contribution is 9.09. The lowest BCUT2D eigenvalue weighted by Gasteiger charge is -2.27. The van der Waals surface area contributed by atoms with E-state index in [0.29, 0.717) is 17.3 Å². The van der Waals surface area contributed by atoms with Crippen LogP contribution in [0.2, 0.25) is 5.02 Å². The van der Waals surface area contributed by atoms with Crippen molar-refractivity contribution in [1.29, 1.82) is 0 Å². The minimum atomic E-state index is -0.564. The van der Waals surface area contributed by atoms with Crippen LogP contribution in [0.3, 0.4) is 0 Å². The van der Waals surface area contributed by atoms with Crippen molar-refractivity contribution in [2.24, 2.45) is 5.92 Å². The number of rotatable bonds is 3. The Hall–Kier alpha value is -0.610. The Balaban J connectivity index is 1.95. The van der Waals surface area contributed by atoms with E-state index < -0.39 is 5.82 Å². The standard InChI is InChI=1S/C14H16BrClFNO/c15-11-6-2-1-4-9(11)8-18-14(19)10-5-3-7-12(17)13(10)16/h3,5,7,9,11H,1-2,4,6,8H2,(H,18,19). The lowest BCUT2D eigenvalue weighted by molar-refractivity contribution is 0.0944. The number of alkyl halides is 1. The van der Waals surface area contributed by atoms with Crippen LogP contribution < -0.4 is 5.32 Å². The van der Waals surface area contributed by atoms with E-state index in [1.54, 1.807) is 0 Å². The zero-order chi connectivity index (χ0) is 13.8. The highest BCUT2D eigenvalue weighted by Crippen LogP contribution is 2.29. The normalized spacial score (nSPS) is 23.1. The van der Waals surface area contributed by atoms with Gasteiger partial charge in [-0.3, -0.25) is 4.79 Å². The average Bonchev–Trinajstić information content (AvgIpc) is 2.40. The van der Waals surface area contributed by atoms with Gasteiger partial charge in [-0.1, -0.05) is 46.4 Å². The third-order valence-corrected chi connectivity index (χ3v) is 5.13. The fourth-order valence-corrected chi connectivity index (χ4v) is 3.38. The van der Waals surface area contributed by atoms with E-state index in [0.717, 1.165) is 12.8 Å². The first-order valence-electron chi connectivity index (χ1n) is 6.46. The number of amides is 1. The molecule has 1 aromatic carbocycles. The number of benzene rings is 1. The Kier molecular flexibility index (Phi) is 5.22. The Morgan fingerprint density at radius 2 is 2.16 bits per heavy atom. The lowest BCUT2D eigenvalue weighted by Crippen LogP contribution is -2.34. The van der Waals surface area contributed by atoms with E-state index in [4.69, 9.17) is 11.6 Å². The molecule has 0 radical (unpaired) electrons. The van der Waals surface area contributed by atoms with Gasteiger partial charge in [-0.2, -0.15) is 0 Å². The van der Waals surface area contributed by atoms with Gasteiger partial charge in [0, 0.05) is 11.4 Å². The van der Waals surface area contributed by atoms with Gasteiger partial charge in [-0.25, -0.2) is 4.39 Å². The molecule has 1 saturated carbocycles. The molecule has 2 rings (SSSR count). The highest BCUT2D eigenvalue weighted by Gasteiger charge is 2.23. The van der Waals surface area contributed by atoms with Crippen molar-refractivity contribution in [3.8, 4) is 0 Å². The first-order valence-corrected chi connectivity index (χ1v) is 7.75. The summed E-state index contributed by atoms with van der Waals surface area (Å²) in [5, 5.41) is 2.74. The van der Waals surface area contributed by atoms with Crippen LogP contribution in [-0.4, -0.2) is 17.3 Å². The monoisotopic (exact) mass is 347 g/mol. The second-order valence-electron chi connectivity index (χ2n) is 4.87. The van der Waals surface area contributed by atoms with Gasteiger partial charge in [0.15, 0.2) is 0 Å². The van der Waals surface area contributed by atoms with E-state index in [9.17, 15) is 9.18 Å². The summed E-state index contributed by atoms with van der Waals surface area (Å²) in [7, 11) is 0. The Labute approximate surface area is 125 Å². The summed E-state index contributed by atoms with van der Waals surface area (Å²) in [5.74, 6) is -0.440. The van der Waals surface area contributed by atoms with Gasteiger partial charge in [0.25, 0.3) is 5.91 Å². The number of carbonyl (C=O) groups excluding carboxylic acids is 1. The number of nitrogens with one attached hydrogen (secondary N) is 1. The highest BCUT2D eigenvalue weighted by atomic mass is 79.9. The Bertz CT molecular complexity index is 469. The van der Waals surface area contributed by atoms with Gasteiger partial charge < -0.3 is 5.32 Å². The molecule has 0 aromatic heterocycles. The minimum absolute atomic E-state index is 0.112. The zero-order valence-electron chi connectivity index (χ0n) is 10.5. The van der Waals surface area contributed by atoms with Gasteiger partial charge in [0.1, 0.15) is 5.82 Å². The molecule has 0 aliphatic heterocycles. The van der Waals surface area contributed by atoms with Gasteiger partial charge in [0.2, 0.25) is 0 Å². The molecule has 0 saturated heterocycles. The van der Waals surface area contributed by atoms with Crippen molar-refractivity contribution in [3.63, 3.8) is 0 Å². The quantitative estimate of drug-likeness (QED) is 0.816. The summed E-state index contributed by atoms with van der Waals surface area (Å²) in [6.07, 6.45) is 4.67.